The molecule has 1 aliphatic heterocycles. The fraction of sp³-hybridized carbons (Fsp3) is 0.375. The van der Waals surface area contributed by atoms with Gasteiger partial charge >= 0.3 is 0 Å². The van der Waals surface area contributed by atoms with Gasteiger partial charge in [0.25, 0.3) is 0 Å². The molecular formula is C16H20N4O. The maximum absolute atomic E-state index is 12.2. The third-order valence-electron chi connectivity index (χ3n) is 3.82. The standard InChI is InChI=1S/C16H20N4O/c21-16(10-13-6-8-17-11-13)19-15-5-2-1-4-14(15)12-20-9-3-7-18-20/h1-5,7,9,13,17H,6,8,10-12H2,(H,19,21). The number of amides is 1. The minimum atomic E-state index is 0.0941. The van der Waals surface area contributed by atoms with Crippen molar-refractivity contribution in [3.63, 3.8) is 0 Å². The van der Waals surface area contributed by atoms with Crippen molar-refractivity contribution in [2.24, 2.45) is 5.92 Å². The third kappa shape index (κ3) is 3.70. The lowest BCUT2D eigenvalue weighted by Crippen LogP contribution is -2.19. The maximum Gasteiger partial charge on any atom is 0.224 e. The molecule has 1 unspecified atom stereocenters. The first-order valence-electron chi connectivity index (χ1n) is 7.37. The van der Waals surface area contributed by atoms with Crippen molar-refractivity contribution >= 4 is 11.6 Å². The van der Waals surface area contributed by atoms with Gasteiger partial charge in [-0.05, 0) is 43.1 Å². The molecule has 1 aromatic carbocycles. The van der Waals surface area contributed by atoms with Crippen LogP contribution in [-0.2, 0) is 11.3 Å². The van der Waals surface area contributed by atoms with Gasteiger partial charge in [0.05, 0.1) is 6.54 Å². The Morgan fingerprint density at radius 1 is 1.38 bits per heavy atom. The van der Waals surface area contributed by atoms with Crippen molar-refractivity contribution in [3.8, 4) is 0 Å². The quantitative estimate of drug-likeness (QED) is 0.881. The smallest absolute Gasteiger partial charge is 0.224 e. The molecule has 0 saturated carbocycles. The average molecular weight is 284 g/mol. The van der Waals surface area contributed by atoms with Gasteiger partial charge in [0.15, 0.2) is 0 Å². The van der Waals surface area contributed by atoms with E-state index in [0.29, 0.717) is 18.9 Å². The molecule has 5 heteroatoms. The molecule has 2 aromatic rings. The minimum Gasteiger partial charge on any atom is -0.326 e. The van der Waals surface area contributed by atoms with Crippen LogP contribution in [0, 0.1) is 5.92 Å². The summed E-state index contributed by atoms with van der Waals surface area (Å²) in [5, 5.41) is 10.5. The summed E-state index contributed by atoms with van der Waals surface area (Å²) >= 11 is 0. The Bertz CT molecular complexity index is 588. The molecule has 2 heterocycles. The van der Waals surface area contributed by atoms with Crippen LogP contribution < -0.4 is 10.6 Å². The summed E-state index contributed by atoms with van der Waals surface area (Å²) < 4.78 is 1.85. The molecular weight excluding hydrogens is 264 g/mol. The van der Waals surface area contributed by atoms with Crippen molar-refractivity contribution in [2.45, 2.75) is 19.4 Å². The van der Waals surface area contributed by atoms with E-state index in [4.69, 9.17) is 0 Å². The molecule has 0 radical (unpaired) electrons. The van der Waals surface area contributed by atoms with Gasteiger partial charge in [-0.15, -0.1) is 0 Å². The van der Waals surface area contributed by atoms with Gasteiger partial charge < -0.3 is 10.6 Å². The van der Waals surface area contributed by atoms with Crippen molar-refractivity contribution in [1.82, 2.24) is 15.1 Å². The van der Waals surface area contributed by atoms with Crippen molar-refractivity contribution in [3.05, 3.63) is 48.3 Å². The number of nitrogens with zero attached hydrogens (tertiary/aromatic N) is 2. The first-order valence-corrected chi connectivity index (χ1v) is 7.37. The molecule has 0 aliphatic carbocycles. The van der Waals surface area contributed by atoms with Crippen LogP contribution in [0.3, 0.4) is 0 Å². The van der Waals surface area contributed by atoms with Gasteiger partial charge in [0.1, 0.15) is 0 Å². The number of carbonyl (C=O) groups is 1. The number of nitrogens with one attached hydrogen (secondary N) is 2. The number of carbonyl (C=O) groups excluding carboxylic acids is 1. The normalized spacial score (nSPS) is 17.8. The van der Waals surface area contributed by atoms with E-state index in [1.807, 2.05) is 41.2 Å². The third-order valence-corrected chi connectivity index (χ3v) is 3.82. The predicted octanol–water partition coefficient (Wildman–Crippen LogP) is 1.87. The molecule has 21 heavy (non-hydrogen) atoms. The Labute approximate surface area is 124 Å². The highest BCUT2D eigenvalue weighted by Gasteiger charge is 2.18. The van der Waals surface area contributed by atoms with Gasteiger partial charge in [-0.25, -0.2) is 0 Å². The second-order valence-electron chi connectivity index (χ2n) is 5.47. The topological polar surface area (TPSA) is 59.0 Å². The minimum absolute atomic E-state index is 0.0941. The Balaban J connectivity index is 1.65. The van der Waals surface area contributed by atoms with Gasteiger partial charge in [0.2, 0.25) is 5.91 Å². The van der Waals surface area contributed by atoms with Crippen LogP contribution in [0.1, 0.15) is 18.4 Å². The first-order chi connectivity index (χ1) is 10.3. The van der Waals surface area contributed by atoms with Crippen LogP contribution in [0.5, 0.6) is 0 Å². The predicted molar refractivity (Wildman–Crippen MR) is 82.0 cm³/mol. The highest BCUT2D eigenvalue weighted by molar-refractivity contribution is 5.91. The van der Waals surface area contributed by atoms with E-state index in [9.17, 15) is 4.79 Å². The molecule has 0 spiro atoms. The summed E-state index contributed by atoms with van der Waals surface area (Å²) in [6.07, 6.45) is 5.35. The molecule has 1 aliphatic rings. The number of hydrogen-bond acceptors (Lipinski definition) is 3. The number of anilines is 1. The Morgan fingerprint density at radius 2 is 2.29 bits per heavy atom. The van der Waals surface area contributed by atoms with Gasteiger partial charge in [-0.3, -0.25) is 9.48 Å². The summed E-state index contributed by atoms with van der Waals surface area (Å²) in [4.78, 5) is 12.2. The van der Waals surface area contributed by atoms with E-state index < -0.39 is 0 Å². The van der Waals surface area contributed by atoms with Gasteiger partial charge in [-0.1, -0.05) is 18.2 Å². The second kappa shape index (κ2) is 6.54. The van der Waals surface area contributed by atoms with E-state index in [1.54, 1.807) is 6.20 Å². The van der Waals surface area contributed by atoms with Gasteiger partial charge in [0, 0.05) is 24.5 Å². The summed E-state index contributed by atoms with van der Waals surface area (Å²) in [6, 6.07) is 9.79. The SMILES string of the molecule is O=C(CC1CCNC1)Nc1ccccc1Cn1cccn1. The molecule has 2 N–H and O–H groups in total. The zero-order valence-corrected chi connectivity index (χ0v) is 12.0. The Hall–Kier alpha value is -2.14. The van der Waals surface area contributed by atoms with E-state index in [-0.39, 0.29) is 5.91 Å². The van der Waals surface area contributed by atoms with Crippen LogP contribution in [0.4, 0.5) is 5.69 Å². The number of rotatable bonds is 5. The van der Waals surface area contributed by atoms with E-state index in [2.05, 4.69) is 15.7 Å². The van der Waals surface area contributed by atoms with Crippen LogP contribution >= 0.6 is 0 Å². The van der Waals surface area contributed by atoms with Crippen molar-refractivity contribution < 1.29 is 4.79 Å². The molecule has 1 aromatic heterocycles. The van der Waals surface area contributed by atoms with E-state index in [1.165, 1.54) is 0 Å². The van der Waals surface area contributed by atoms with Crippen molar-refractivity contribution in [2.75, 3.05) is 18.4 Å². The first kappa shape index (κ1) is 13.8. The Kier molecular flexibility index (Phi) is 4.31. The lowest BCUT2D eigenvalue weighted by Gasteiger charge is -2.13. The van der Waals surface area contributed by atoms with Crippen molar-refractivity contribution in [1.29, 1.82) is 0 Å². The van der Waals surface area contributed by atoms with E-state index in [0.717, 1.165) is 30.8 Å². The number of hydrogen-bond donors (Lipinski definition) is 2. The largest absolute Gasteiger partial charge is 0.326 e. The monoisotopic (exact) mass is 284 g/mol. The molecule has 1 atom stereocenters. The lowest BCUT2D eigenvalue weighted by atomic mass is 10.0. The zero-order valence-electron chi connectivity index (χ0n) is 12.0. The summed E-state index contributed by atoms with van der Waals surface area (Å²) in [5.41, 5.74) is 1.95. The van der Waals surface area contributed by atoms with Crippen LogP contribution in [0.2, 0.25) is 0 Å². The van der Waals surface area contributed by atoms with E-state index >= 15 is 0 Å². The highest BCUT2D eigenvalue weighted by Crippen LogP contribution is 2.18. The maximum atomic E-state index is 12.2. The molecule has 1 fully saturated rings. The fourth-order valence-electron chi connectivity index (χ4n) is 2.70. The average Bonchev–Trinajstić information content (AvgIpc) is 3.14. The molecule has 5 nitrogen and oxygen atoms in total. The number of para-hydroxylation sites is 1. The molecule has 0 bridgehead atoms. The fourth-order valence-corrected chi connectivity index (χ4v) is 2.70. The number of aromatic nitrogens is 2. The summed E-state index contributed by atoms with van der Waals surface area (Å²) in [5.74, 6) is 0.555. The molecule has 1 amide bonds. The summed E-state index contributed by atoms with van der Waals surface area (Å²) in [7, 11) is 0. The lowest BCUT2D eigenvalue weighted by molar-refractivity contribution is -0.116. The highest BCUT2D eigenvalue weighted by atomic mass is 16.1. The van der Waals surface area contributed by atoms with Crippen LogP contribution in [0.25, 0.3) is 0 Å². The number of benzene rings is 1. The zero-order chi connectivity index (χ0) is 14.5. The second-order valence-corrected chi connectivity index (χ2v) is 5.47. The molecule has 1 saturated heterocycles. The van der Waals surface area contributed by atoms with Crippen LogP contribution in [-0.4, -0.2) is 28.8 Å². The van der Waals surface area contributed by atoms with Gasteiger partial charge in [-0.2, -0.15) is 5.10 Å². The molecule has 110 valence electrons. The summed E-state index contributed by atoms with van der Waals surface area (Å²) in [6.45, 7) is 2.63. The molecule has 3 rings (SSSR count). The van der Waals surface area contributed by atoms with Crippen LogP contribution in [0.15, 0.2) is 42.7 Å². The Morgan fingerprint density at radius 3 is 3.05 bits per heavy atom.